The standard InChI is InChI=1S/C14H18N2O4/c1-9-7-10(14(18)19)3-4-11(9)16-5-6-20-8-12(16)13(17)15-2/h3-4,7,12H,5-6,8H2,1-2H3,(H,15,17)(H,18,19). The van der Waals surface area contributed by atoms with Crippen LogP contribution in [0.3, 0.4) is 0 Å². The number of rotatable bonds is 3. The molecule has 0 aromatic heterocycles. The summed E-state index contributed by atoms with van der Waals surface area (Å²) in [6.07, 6.45) is 0. The molecule has 108 valence electrons. The number of morpholine rings is 1. The first-order chi connectivity index (χ1) is 9.54. The molecule has 0 saturated carbocycles. The Kier molecular flexibility index (Phi) is 4.24. The van der Waals surface area contributed by atoms with E-state index in [1.807, 2.05) is 11.8 Å². The van der Waals surface area contributed by atoms with Crippen molar-refractivity contribution >= 4 is 17.6 Å². The quantitative estimate of drug-likeness (QED) is 0.848. The lowest BCUT2D eigenvalue weighted by atomic mass is 10.1. The second-order valence-corrected chi connectivity index (χ2v) is 4.70. The Balaban J connectivity index is 2.32. The Hall–Kier alpha value is -2.08. The van der Waals surface area contributed by atoms with Crippen LogP contribution in [0.15, 0.2) is 18.2 Å². The summed E-state index contributed by atoms with van der Waals surface area (Å²) in [5, 5.41) is 11.6. The first-order valence-corrected chi connectivity index (χ1v) is 6.44. The molecule has 0 bridgehead atoms. The molecular weight excluding hydrogens is 260 g/mol. The van der Waals surface area contributed by atoms with Gasteiger partial charge in [0.05, 0.1) is 18.8 Å². The normalized spacial score (nSPS) is 18.7. The fourth-order valence-electron chi connectivity index (χ4n) is 2.39. The van der Waals surface area contributed by atoms with Gasteiger partial charge in [-0.3, -0.25) is 4.79 Å². The number of nitrogens with zero attached hydrogens (tertiary/aromatic N) is 1. The molecule has 6 heteroatoms. The average Bonchev–Trinajstić information content (AvgIpc) is 2.46. The van der Waals surface area contributed by atoms with Gasteiger partial charge >= 0.3 is 5.97 Å². The van der Waals surface area contributed by atoms with E-state index in [1.54, 1.807) is 25.2 Å². The Morgan fingerprint density at radius 1 is 1.45 bits per heavy atom. The van der Waals surface area contributed by atoms with Gasteiger partial charge in [0.1, 0.15) is 6.04 Å². The molecule has 2 N–H and O–H groups in total. The van der Waals surface area contributed by atoms with Crippen molar-refractivity contribution in [1.29, 1.82) is 0 Å². The van der Waals surface area contributed by atoms with E-state index in [0.29, 0.717) is 19.8 Å². The molecule has 1 atom stereocenters. The minimum Gasteiger partial charge on any atom is -0.478 e. The van der Waals surface area contributed by atoms with E-state index < -0.39 is 5.97 Å². The summed E-state index contributed by atoms with van der Waals surface area (Å²) in [4.78, 5) is 24.8. The predicted octanol–water partition coefficient (Wildman–Crippen LogP) is 0.644. The van der Waals surface area contributed by atoms with Crippen LogP contribution >= 0.6 is 0 Å². The van der Waals surface area contributed by atoms with Crippen molar-refractivity contribution in [1.82, 2.24) is 5.32 Å². The highest BCUT2D eigenvalue weighted by Crippen LogP contribution is 2.25. The maximum Gasteiger partial charge on any atom is 0.335 e. The van der Waals surface area contributed by atoms with Crippen LogP contribution in [-0.4, -0.2) is 49.8 Å². The van der Waals surface area contributed by atoms with Gasteiger partial charge in [0, 0.05) is 19.3 Å². The van der Waals surface area contributed by atoms with E-state index in [0.717, 1.165) is 11.3 Å². The van der Waals surface area contributed by atoms with Gasteiger partial charge in [-0.05, 0) is 30.7 Å². The van der Waals surface area contributed by atoms with Crippen molar-refractivity contribution in [2.45, 2.75) is 13.0 Å². The Morgan fingerprint density at radius 3 is 2.80 bits per heavy atom. The molecule has 1 aromatic rings. The summed E-state index contributed by atoms with van der Waals surface area (Å²) in [7, 11) is 1.59. The van der Waals surface area contributed by atoms with Crippen LogP contribution in [0.5, 0.6) is 0 Å². The fraction of sp³-hybridized carbons (Fsp3) is 0.429. The van der Waals surface area contributed by atoms with Gasteiger partial charge in [-0.2, -0.15) is 0 Å². The van der Waals surface area contributed by atoms with Crippen LogP contribution in [0, 0.1) is 6.92 Å². The fourth-order valence-corrected chi connectivity index (χ4v) is 2.39. The molecule has 1 amide bonds. The molecule has 1 aliphatic rings. The van der Waals surface area contributed by atoms with Gasteiger partial charge in [-0.1, -0.05) is 0 Å². The zero-order chi connectivity index (χ0) is 14.7. The first-order valence-electron chi connectivity index (χ1n) is 6.44. The third kappa shape index (κ3) is 2.75. The molecule has 1 unspecified atom stereocenters. The number of aryl methyl sites for hydroxylation is 1. The maximum absolute atomic E-state index is 11.9. The van der Waals surface area contributed by atoms with E-state index in [-0.39, 0.29) is 17.5 Å². The first kappa shape index (κ1) is 14.3. The summed E-state index contributed by atoms with van der Waals surface area (Å²) in [6, 6.07) is 4.54. The number of carboxylic acid groups (broad SMARTS) is 1. The van der Waals surface area contributed by atoms with E-state index in [1.165, 1.54) is 0 Å². The molecule has 1 aromatic carbocycles. The summed E-state index contributed by atoms with van der Waals surface area (Å²) in [6.45, 7) is 3.33. The number of hydrogen-bond donors (Lipinski definition) is 2. The topological polar surface area (TPSA) is 78.9 Å². The van der Waals surface area contributed by atoms with Gasteiger partial charge in [0.2, 0.25) is 5.91 Å². The van der Waals surface area contributed by atoms with Crippen molar-refractivity contribution in [3.8, 4) is 0 Å². The molecule has 1 aliphatic heterocycles. The van der Waals surface area contributed by atoms with Crippen molar-refractivity contribution in [2.24, 2.45) is 0 Å². The molecule has 0 aliphatic carbocycles. The van der Waals surface area contributed by atoms with Crippen molar-refractivity contribution in [3.63, 3.8) is 0 Å². The maximum atomic E-state index is 11.9. The lowest BCUT2D eigenvalue weighted by molar-refractivity contribution is -0.124. The van der Waals surface area contributed by atoms with E-state index in [2.05, 4.69) is 5.32 Å². The molecule has 1 fully saturated rings. The number of aromatic carboxylic acids is 1. The molecular formula is C14H18N2O4. The molecule has 0 spiro atoms. The minimum atomic E-state index is -0.954. The van der Waals surface area contributed by atoms with Gasteiger partial charge in [-0.15, -0.1) is 0 Å². The van der Waals surface area contributed by atoms with Crippen molar-refractivity contribution in [2.75, 3.05) is 31.7 Å². The van der Waals surface area contributed by atoms with Crippen molar-refractivity contribution < 1.29 is 19.4 Å². The SMILES string of the molecule is CNC(=O)C1COCCN1c1ccc(C(=O)O)cc1C. The molecule has 20 heavy (non-hydrogen) atoms. The van der Waals surface area contributed by atoms with E-state index in [4.69, 9.17) is 9.84 Å². The lowest BCUT2D eigenvalue weighted by Gasteiger charge is -2.37. The average molecular weight is 278 g/mol. The number of benzene rings is 1. The Morgan fingerprint density at radius 2 is 2.20 bits per heavy atom. The zero-order valence-corrected chi connectivity index (χ0v) is 11.5. The van der Waals surface area contributed by atoms with Gasteiger partial charge in [0.15, 0.2) is 0 Å². The highest BCUT2D eigenvalue weighted by molar-refractivity contribution is 5.89. The molecule has 0 radical (unpaired) electrons. The molecule has 1 heterocycles. The minimum absolute atomic E-state index is 0.105. The number of likely N-dealkylation sites (N-methyl/N-ethyl adjacent to an activating group) is 1. The summed E-state index contributed by atoms with van der Waals surface area (Å²) < 4.78 is 5.36. The van der Waals surface area contributed by atoms with Crippen LogP contribution in [0.25, 0.3) is 0 Å². The second-order valence-electron chi connectivity index (χ2n) is 4.70. The lowest BCUT2D eigenvalue weighted by Crippen LogP contribution is -2.53. The summed E-state index contributed by atoms with van der Waals surface area (Å²) in [5.41, 5.74) is 1.95. The number of carboxylic acids is 1. The number of nitrogens with one attached hydrogen (secondary N) is 1. The molecule has 1 saturated heterocycles. The summed E-state index contributed by atoms with van der Waals surface area (Å²) in [5.74, 6) is -1.06. The molecule has 2 rings (SSSR count). The number of carbonyl (C=O) groups excluding carboxylic acids is 1. The highest BCUT2D eigenvalue weighted by atomic mass is 16.5. The number of carbonyl (C=O) groups is 2. The molecule has 6 nitrogen and oxygen atoms in total. The largest absolute Gasteiger partial charge is 0.478 e. The van der Waals surface area contributed by atoms with Crippen LogP contribution in [0.2, 0.25) is 0 Å². The summed E-state index contributed by atoms with van der Waals surface area (Å²) >= 11 is 0. The number of hydrogen-bond acceptors (Lipinski definition) is 4. The zero-order valence-electron chi connectivity index (χ0n) is 11.5. The van der Waals surface area contributed by atoms with Crippen molar-refractivity contribution in [3.05, 3.63) is 29.3 Å². The van der Waals surface area contributed by atoms with Crippen LogP contribution in [-0.2, 0) is 9.53 Å². The van der Waals surface area contributed by atoms with Gasteiger partial charge in [0.25, 0.3) is 0 Å². The monoisotopic (exact) mass is 278 g/mol. The number of anilines is 1. The third-order valence-corrected chi connectivity index (χ3v) is 3.43. The van der Waals surface area contributed by atoms with Crippen LogP contribution in [0.1, 0.15) is 15.9 Å². The predicted molar refractivity (Wildman–Crippen MR) is 74.2 cm³/mol. The van der Waals surface area contributed by atoms with Gasteiger partial charge in [-0.25, -0.2) is 4.79 Å². The Bertz CT molecular complexity index is 530. The van der Waals surface area contributed by atoms with E-state index >= 15 is 0 Å². The second kappa shape index (κ2) is 5.92. The van der Waals surface area contributed by atoms with Gasteiger partial charge < -0.3 is 20.1 Å². The number of amides is 1. The third-order valence-electron chi connectivity index (χ3n) is 3.43. The Labute approximate surface area is 117 Å². The number of ether oxygens (including phenoxy) is 1. The smallest absolute Gasteiger partial charge is 0.335 e. The van der Waals surface area contributed by atoms with Crippen LogP contribution < -0.4 is 10.2 Å². The van der Waals surface area contributed by atoms with Crippen LogP contribution in [0.4, 0.5) is 5.69 Å². The van der Waals surface area contributed by atoms with E-state index in [9.17, 15) is 9.59 Å². The highest BCUT2D eigenvalue weighted by Gasteiger charge is 2.29.